The van der Waals surface area contributed by atoms with Crippen LogP contribution in [-0.4, -0.2) is 37.6 Å². The number of rotatable bonds is 5. The molecule has 1 saturated heterocycles. The van der Waals surface area contributed by atoms with Gasteiger partial charge in [0.1, 0.15) is 5.82 Å². The molecule has 0 bridgehead atoms. The fraction of sp³-hybridized carbons (Fsp3) is 0.300. The highest BCUT2D eigenvalue weighted by atomic mass is 35.5. The van der Waals surface area contributed by atoms with Gasteiger partial charge in [-0.15, -0.1) is 0 Å². The summed E-state index contributed by atoms with van der Waals surface area (Å²) >= 11 is 6.07. The molecule has 1 heterocycles. The quantitative estimate of drug-likeness (QED) is 0.680. The molecule has 0 radical (unpaired) electrons. The monoisotopic (exact) mass is 453 g/mol. The van der Waals surface area contributed by atoms with Crippen LogP contribution in [-0.2, 0) is 21.2 Å². The molecular weight excluding hydrogens is 433 g/mol. The van der Waals surface area contributed by atoms with Gasteiger partial charge >= 0.3 is 0 Å². The molecule has 0 aromatic heterocycles. The summed E-state index contributed by atoms with van der Waals surface area (Å²) in [7, 11) is -3.73. The minimum atomic E-state index is -3.73. The molecule has 2 aromatic rings. The first kappa shape index (κ1) is 22.2. The number of sulfonamides is 1. The number of nitrogens with zero attached hydrogens (tertiary/aromatic N) is 1. The van der Waals surface area contributed by atoms with Crippen molar-refractivity contribution in [3.63, 3.8) is 0 Å². The molecule has 2 amide bonds. The molecule has 1 aliphatic rings. The van der Waals surface area contributed by atoms with Crippen molar-refractivity contribution < 1.29 is 22.4 Å². The van der Waals surface area contributed by atoms with Crippen molar-refractivity contribution >= 4 is 33.4 Å². The van der Waals surface area contributed by atoms with Crippen molar-refractivity contribution in [2.75, 3.05) is 13.1 Å². The minimum absolute atomic E-state index is 0.0309. The normalized spacial score (nSPS) is 14.9. The lowest BCUT2D eigenvalue weighted by Gasteiger charge is -2.26. The van der Waals surface area contributed by atoms with Crippen molar-refractivity contribution in [2.45, 2.75) is 30.6 Å². The van der Waals surface area contributed by atoms with Crippen LogP contribution in [0.5, 0.6) is 0 Å². The van der Waals surface area contributed by atoms with Crippen molar-refractivity contribution in [3.05, 3.63) is 64.4 Å². The summed E-state index contributed by atoms with van der Waals surface area (Å²) in [5.74, 6) is -1.69. The molecule has 10 heteroatoms. The lowest BCUT2D eigenvalue weighted by Crippen LogP contribution is -2.42. The molecule has 0 unspecified atom stereocenters. The Hall–Kier alpha value is -2.49. The molecule has 2 N–H and O–H groups in total. The number of hydrazine groups is 1. The van der Waals surface area contributed by atoms with Crippen LogP contribution in [0, 0.1) is 5.82 Å². The summed E-state index contributed by atoms with van der Waals surface area (Å²) in [6, 6.07) is 9.28. The molecule has 0 atom stereocenters. The van der Waals surface area contributed by atoms with E-state index in [1.54, 1.807) is 0 Å². The van der Waals surface area contributed by atoms with Crippen LogP contribution >= 0.6 is 11.6 Å². The van der Waals surface area contributed by atoms with E-state index < -0.39 is 27.7 Å². The summed E-state index contributed by atoms with van der Waals surface area (Å²) in [4.78, 5) is 24.4. The molecule has 7 nitrogen and oxygen atoms in total. The van der Waals surface area contributed by atoms with Gasteiger partial charge in [0.25, 0.3) is 5.91 Å². The Bertz CT molecular complexity index is 1040. The number of benzene rings is 2. The Morgan fingerprint density at radius 1 is 1.00 bits per heavy atom. The van der Waals surface area contributed by atoms with Gasteiger partial charge in [-0.05, 0) is 48.7 Å². The highest BCUT2D eigenvalue weighted by Gasteiger charge is 2.27. The molecule has 0 aliphatic carbocycles. The highest BCUT2D eigenvalue weighted by Crippen LogP contribution is 2.25. The molecule has 2 aromatic carbocycles. The number of hydrogen-bond donors (Lipinski definition) is 2. The maximum absolute atomic E-state index is 12.9. The zero-order valence-corrected chi connectivity index (χ0v) is 17.6. The first-order valence-corrected chi connectivity index (χ1v) is 11.2. The molecule has 1 fully saturated rings. The molecule has 160 valence electrons. The van der Waals surface area contributed by atoms with E-state index in [1.165, 1.54) is 46.8 Å². The van der Waals surface area contributed by atoms with Crippen LogP contribution in [0.4, 0.5) is 4.39 Å². The van der Waals surface area contributed by atoms with Crippen LogP contribution in [0.1, 0.15) is 35.2 Å². The van der Waals surface area contributed by atoms with Gasteiger partial charge in [-0.1, -0.05) is 30.2 Å². The summed E-state index contributed by atoms with van der Waals surface area (Å²) < 4.78 is 40.0. The van der Waals surface area contributed by atoms with Crippen LogP contribution < -0.4 is 10.9 Å². The number of piperidine rings is 1. The average molecular weight is 454 g/mol. The number of amides is 2. The lowest BCUT2D eigenvalue weighted by molar-refractivity contribution is -0.121. The van der Waals surface area contributed by atoms with Crippen LogP contribution in [0.15, 0.2) is 47.4 Å². The van der Waals surface area contributed by atoms with E-state index in [4.69, 9.17) is 11.6 Å². The summed E-state index contributed by atoms with van der Waals surface area (Å²) in [6.45, 7) is 0.873. The average Bonchev–Trinajstić information content (AvgIpc) is 2.74. The number of carbonyl (C=O) groups excluding carboxylic acids is 2. The zero-order chi connectivity index (χ0) is 21.7. The molecule has 0 saturated carbocycles. The molecule has 1 aliphatic heterocycles. The Labute approximate surface area is 179 Å². The first-order valence-electron chi connectivity index (χ1n) is 9.41. The number of hydrogen-bond acceptors (Lipinski definition) is 4. The van der Waals surface area contributed by atoms with Crippen LogP contribution in [0.2, 0.25) is 5.02 Å². The van der Waals surface area contributed by atoms with E-state index in [9.17, 15) is 22.4 Å². The smallest absolute Gasteiger partial charge is 0.271 e. The van der Waals surface area contributed by atoms with Gasteiger partial charge < -0.3 is 0 Å². The second-order valence-electron chi connectivity index (χ2n) is 6.91. The van der Waals surface area contributed by atoms with E-state index in [0.717, 1.165) is 19.3 Å². The third-order valence-electron chi connectivity index (χ3n) is 4.73. The van der Waals surface area contributed by atoms with Crippen LogP contribution in [0.3, 0.4) is 0 Å². The SMILES string of the molecule is O=C(Cc1ccc(F)cc1)NNC(=O)c1cc(S(=O)(=O)N2CCCCC2)ccc1Cl. The summed E-state index contributed by atoms with van der Waals surface area (Å²) in [5.41, 5.74) is 4.96. The van der Waals surface area contributed by atoms with Gasteiger partial charge in [-0.2, -0.15) is 4.31 Å². The molecular formula is C20H21ClFN3O4S. The third-order valence-corrected chi connectivity index (χ3v) is 6.95. The van der Waals surface area contributed by atoms with E-state index in [0.29, 0.717) is 18.7 Å². The Kier molecular flexibility index (Phi) is 7.06. The van der Waals surface area contributed by atoms with E-state index in [1.807, 2.05) is 0 Å². The van der Waals surface area contributed by atoms with Gasteiger partial charge in [-0.25, -0.2) is 12.8 Å². The zero-order valence-electron chi connectivity index (χ0n) is 16.0. The second kappa shape index (κ2) is 9.55. The number of carbonyl (C=O) groups is 2. The topological polar surface area (TPSA) is 95.6 Å². The summed E-state index contributed by atoms with van der Waals surface area (Å²) in [5, 5.41) is 0.0536. The van der Waals surface area contributed by atoms with Crippen molar-refractivity contribution in [3.8, 4) is 0 Å². The van der Waals surface area contributed by atoms with Crippen molar-refractivity contribution in [2.24, 2.45) is 0 Å². The highest BCUT2D eigenvalue weighted by molar-refractivity contribution is 7.89. The van der Waals surface area contributed by atoms with Crippen molar-refractivity contribution in [1.29, 1.82) is 0 Å². The van der Waals surface area contributed by atoms with E-state index in [2.05, 4.69) is 10.9 Å². The maximum Gasteiger partial charge on any atom is 0.271 e. The first-order chi connectivity index (χ1) is 14.3. The lowest BCUT2D eigenvalue weighted by atomic mass is 10.1. The van der Waals surface area contributed by atoms with Crippen molar-refractivity contribution in [1.82, 2.24) is 15.2 Å². The van der Waals surface area contributed by atoms with Gasteiger partial charge in [-0.3, -0.25) is 20.4 Å². The number of nitrogens with one attached hydrogen (secondary N) is 2. The van der Waals surface area contributed by atoms with Gasteiger partial charge in [0.2, 0.25) is 15.9 Å². The Morgan fingerprint density at radius 3 is 2.33 bits per heavy atom. The van der Waals surface area contributed by atoms with Gasteiger partial charge in [0, 0.05) is 13.1 Å². The fourth-order valence-corrected chi connectivity index (χ4v) is 4.87. The van der Waals surface area contributed by atoms with Gasteiger partial charge in [0.15, 0.2) is 0 Å². The maximum atomic E-state index is 12.9. The Morgan fingerprint density at radius 2 is 1.67 bits per heavy atom. The third kappa shape index (κ3) is 5.35. The van der Waals surface area contributed by atoms with E-state index in [-0.39, 0.29) is 21.9 Å². The predicted molar refractivity (Wildman–Crippen MR) is 110 cm³/mol. The summed E-state index contributed by atoms with van der Waals surface area (Å²) in [6.07, 6.45) is 2.50. The fourth-order valence-electron chi connectivity index (χ4n) is 3.12. The minimum Gasteiger partial charge on any atom is -0.273 e. The largest absolute Gasteiger partial charge is 0.273 e. The van der Waals surface area contributed by atoms with Crippen LogP contribution in [0.25, 0.3) is 0 Å². The van der Waals surface area contributed by atoms with Gasteiger partial charge in [0.05, 0.1) is 21.9 Å². The Balaban J connectivity index is 1.67. The predicted octanol–water partition coefficient (Wildman–Crippen LogP) is 2.66. The molecule has 30 heavy (non-hydrogen) atoms. The number of halogens is 2. The molecule has 3 rings (SSSR count). The second-order valence-corrected chi connectivity index (χ2v) is 9.26. The molecule has 0 spiro atoms. The standard InChI is InChI=1S/C20H21ClFN3O4S/c21-18-9-8-16(30(28,29)25-10-2-1-3-11-25)13-17(18)20(27)24-23-19(26)12-14-4-6-15(22)7-5-14/h4-9,13H,1-3,10-12H2,(H,23,26)(H,24,27). The van der Waals surface area contributed by atoms with E-state index >= 15 is 0 Å².